The molecule has 0 fully saturated rings. The standard InChI is InChI=1S/C50H32/c1-2-10-33(11-3-1)36-24-26-44-41(30-36)14-9-19-43(44)42-23-22-38-29-37(20-21-39(38)31-42)34-12-8-13-35(28-34)40-25-27-49-47-17-5-4-15-45(47)46-16-6-7-18-48(46)50(49)32-40/h1-32H. The zero-order valence-corrected chi connectivity index (χ0v) is 27.5. The second-order valence-corrected chi connectivity index (χ2v) is 13.3. The molecule has 0 heteroatoms. The van der Waals surface area contributed by atoms with E-state index in [4.69, 9.17) is 0 Å². The van der Waals surface area contributed by atoms with E-state index >= 15 is 0 Å². The molecule has 10 aromatic carbocycles. The van der Waals surface area contributed by atoms with Crippen molar-refractivity contribution in [3.63, 3.8) is 0 Å². The van der Waals surface area contributed by atoms with Crippen molar-refractivity contribution in [2.75, 3.05) is 0 Å². The van der Waals surface area contributed by atoms with Crippen LogP contribution >= 0.6 is 0 Å². The van der Waals surface area contributed by atoms with Crippen LogP contribution in [0.4, 0.5) is 0 Å². The topological polar surface area (TPSA) is 0 Å². The van der Waals surface area contributed by atoms with E-state index in [1.807, 2.05) is 0 Å². The second-order valence-electron chi connectivity index (χ2n) is 13.3. The van der Waals surface area contributed by atoms with E-state index in [0.29, 0.717) is 0 Å². The molecular formula is C50H32. The molecule has 232 valence electrons. The minimum absolute atomic E-state index is 1.22. The monoisotopic (exact) mass is 632 g/mol. The molecule has 10 aromatic rings. The van der Waals surface area contributed by atoms with Crippen molar-refractivity contribution in [2.24, 2.45) is 0 Å². The third-order valence-corrected chi connectivity index (χ3v) is 10.4. The summed E-state index contributed by atoms with van der Waals surface area (Å²) in [5.41, 5.74) is 9.89. The fraction of sp³-hybridized carbons (Fsp3) is 0. The fourth-order valence-corrected chi connectivity index (χ4v) is 7.90. The third kappa shape index (κ3) is 4.77. The summed E-state index contributed by atoms with van der Waals surface area (Å²) >= 11 is 0. The van der Waals surface area contributed by atoms with Crippen LogP contribution in [0.2, 0.25) is 0 Å². The SMILES string of the molecule is c1ccc(-c2ccc3c(-c4ccc5cc(-c6cccc(-c7ccc8c9ccccc9c9ccccc9c8c7)c6)ccc5c4)cccc3c2)cc1. The van der Waals surface area contributed by atoms with Gasteiger partial charge in [-0.25, -0.2) is 0 Å². The van der Waals surface area contributed by atoms with Crippen LogP contribution in [0.5, 0.6) is 0 Å². The minimum Gasteiger partial charge on any atom is -0.0622 e. The predicted octanol–water partition coefficient (Wildman–Crippen LogP) is 14.1. The number of rotatable bonds is 4. The summed E-state index contributed by atoms with van der Waals surface area (Å²) in [6, 6.07) is 71.3. The van der Waals surface area contributed by atoms with Gasteiger partial charge in [-0.1, -0.05) is 164 Å². The first-order chi connectivity index (χ1) is 24.8. The van der Waals surface area contributed by atoms with Gasteiger partial charge < -0.3 is 0 Å². The van der Waals surface area contributed by atoms with Crippen LogP contribution in [0.1, 0.15) is 0 Å². The summed E-state index contributed by atoms with van der Waals surface area (Å²) in [5.74, 6) is 0. The molecule has 0 aliphatic heterocycles. The third-order valence-electron chi connectivity index (χ3n) is 10.4. The lowest BCUT2D eigenvalue weighted by Crippen LogP contribution is -1.86. The molecule has 0 nitrogen and oxygen atoms in total. The Hall–Kier alpha value is -6.50. The Labute approximate surface area is 291 Å². The van der Waals surface area contributed by atoms with Crippen molar-refractivity contribution < 1.29 is 0 Å². The van der Waals surface area contributed by atoms with E-state index in [9.17, 15) is 0 Å². The van der Waals surface area contributed by atoms with Gasteiger partial charge in [-0.2, -0.15) is 0 Å². The summed E-state index contributed by atoms with van der Waals surface area (Å²) in [6.07, 6.45) is 0. The maximum Gasteiger partial charge on any atom is -0.00928 e. The van der Waals surface area contributed by atoms with E-state index in [2.05, 4.69) is 194 Å². The lowest BCUT2D eigenvalue weighted by atomic mass is 9.91. The molecule has 10 rings (SSSR count). The average Bonchev–Trinajstić information content (AvgIpc) is 3.20. The average molecular weight is 633 g/mol. The molecule has 0 heterocycles. The van der Waals surface area contributed by atoms with Crippen LogP contribution in [0, 0.1) is 0 Å². The molecule has 0 spiro atoms. The fourth-order valence-electron chi connectivity index (χ4n) is 7.90. The number of hydrogen-bond donors (Lipinski definition) is 0. The number of hydrogen-bond acceptors (Lipinski definition) is 0. The maximum atomic E-state index is 2.38. The molecular weight excluding hydrogens is 601 g/mol. The Morgan fingerprint density at radius 2 is 0.620 bits per heavy atom. The summed E-state index contributed by atoms with van der Waals surface area (Å²) in [5, 5.41) is 12.8. The molecule has 0 unspecified atom stereocenters. The van der Waals surface area contributed by atoms with E-state index in [-0.39, 0.29) is 0 Å². The molecule has 0 bridgehead atoms. The summed E-state index contributed by atoms with van der Waals surface area (Å²) in [6.45, 7) is 0. The predicted molar refractivity (Wildman–Crippen MR) is 216 cm³/mol. The molecule has 0 atom stereocenters. The Kier molecular flexibility index (Phi) is 6.60. The van der Waals surface area contributed by atoms with Gasteiger partial charge in [0.2, 0.25) is 0 Å². The lowest BCUT2D eigenvalue weighted by Gasteiger charge is -2.13. The first-order valence-electron chi connectivity index (χ1n) is 17.3. The summed E-state index contributed by atoms with van der Waals surface area (Å²) in [4.78, 5) is 0. The highest BCUT2D eigenvalue weighted by molar-refractivity contribution is 6.25. The van der Waals surface area contributed by atoms with Gasteiger partial charge >= 0.3 is 0 Å². The van der Waals surface area contributed by atoms with Gasteiger partial charge in [-0.15, -0.1) is 0 Å². The van der Waals surface area contributed by atoms with Gasteiger partial charge in [0.05, 0.1) is 0 Å². The Balaban J connectivity index is 1.01. The van der Waals surface area contributed by atoms with Gasteiger partial charge in [-0.3, -0.25) is 0 Å². The molecule has 0 aliphatic carbocycles. The smallest absolute Gasteiger partial charge is 0.00928 e. The van der Waals surface area contributed by atoms with Crippen LogP contribution in [0.3, 0.4) is 0 Å². The Bertz CT molecular complexity index is 2880. The molecule has 0 amide bonds. The molecule has 0 aliphatic rings. The van der Waals surface area contributed by atoms with E-state index < -0.39 is 0 Å². The number of fused-ring (bicyclic) bond motifs is 8. The van der Waals surface area contributed by atoms with Crippen molar-refractivity contribution in [2.45, 2.75) is 0 Å². The van der Waals surface area contributed by atoms with Crippen LogP contribution in [-0.4, -0.2) is 0 Å². The molecule has 0 saturated heterocycles. The zero-order chi connectivity index (χ0) is 33.0. The largest absolute Gasteiger partial charge is 0.0622 e. The van der Waals surface area contributed by atoms with Crippen molar-refractivity contribution in [1.29, 1.82) is 0 Å². The summed E-state index contributed by atoms with van der Waals surface area (Å²) in [7, 11) is 0. The van der Waals surface area contributed by atoms with Gasteiger partial charge in [0.25, 0.3) is 0 Å². The Morgan fingerprint density at radius 1 is 0.180 bits per heavy atom. The highest BCUT2D eigenvalue weighted by atomic mass is 14.2. The lowest BCUT2D eigenvalue weighted by molar-refractivity contribution is 1.61. The van der Waals surface area contributed by atoms with Gasteiger partial charge in [-0.05, 0) is 129 Å². The second kappa shape index (κ2) is 11.6. The molecule has 0 radical (unpaired) electrons. The normalized spacial score (nSPS) is 11.6. The van der Waals surface area contributed by atoms with E-state index in [0.717, 1.165) is 0 Å². The quantitative estimate of drug-likeness (QED) is 0.169. The molecule has 0 aromatic heterocycles. The van der Waals surface area contributed by atoms with Crippen LogP contribution < -0.4 is 0 Å². The van der Waals surface area contributed by atoms with Crippen molar-refractivity contribution in [3.8, 4) is 44.5 Å². The van der Waals surface area contributed by atoms with Gasteiger partial charge in [0.15, 0.2) is 0 Å². The van der Waals surface area contributed by atoms with E-state index in [1.54, 1.807) is 0 Å². The molecule has 50 heavy (non-hydrogen) atoms. The van der Waals surface area contributed by atoms with Gasteiger partial charge in [0, 0.05) is 0 Å². The molecule has 0 saturated carbocycles. The minimum atomic E-state index is 1.22. The highest BCUT2D eigenvalue weighted by Gasteiger charge is 2.11. The zero-order valence-electron chi connectivity index (χ0n) is 27.5. The number of benzene rings is 10. The van der Waals surface area contributed by atoms with Crippen molar-refractivity contribution >= 4 is 53.9 Å². The maximum absolute atomic E-state index is 2.38. The highest BCUT2D eigenvalue weighted by Crippen LogP contribution is 2.38. The van der Waals surface area contributed by atoms with E-state index in [1.165, 1.54) is 98.4 Å². The van der Waals surface area contributed by atoms with Crippen molar-refractivity contribution in [1.82, 2.24) is 0 Å². The van der Waals surface area contributed by atoms with Crippen LogP contribution in [0.25, 0.3) is 98.4 Å². The van der Waals surface area contributed by atoms with Crippen LogP contribution in [0.15, 0.2) is 194 Å². The first-order valence-corrected chi connectivity index (χ1v) is 17.3. The Morgan fingerprint density at radius 3 is 1.32 bits per heavy atom. The molecule has 0 N–H and O–H groups in total. The first kappa shape index (κ1) is 28.5. The van der Waals surface area contributed by atoms with Crippen LogP contribution in [-0.2, 0) is 0 Å². The van der Waals surface area contributed by atoms with Gasteiger partial charge in [0.1, 0.15) is 0 Å². The van der Waals surface area contributed by atoms with Crippen molar-refractivity contribution in [3.05, 3.63) is 194 Å². The summed E-state index contributed by atoms with van der Waals surface area (Å²) < 4.78 is 0.